The van der Waals surface area contributed by atoms with Crippen LogP contribution in [0.2, 0.25) is 0 Å². The molecule has 1 aromatic carbocycles. The summed E-state index contributed by atoms with van der Waals surface area (Å²) in [5.74, 6) is 1.93. The third-order valence-electron chi connectivity index (χ3n) is 5.20. The van der Waals surface area contributed by atoms with E-state index in [1.54, 1.807) is 0 Å². The molecule has 128 valence electrons. The number of nitrogens with zero attached hydrogens (tertiary/aromatic N) is 2. The largest absolute Gasteiger partial charge is 0.492 e. The number of piperazine rings is 1. The zero-order valence-electron chi connectivity index (χ0n) is 14.1. The average Bonchev–Trinajstić information content (AvgIpc) is 2.59. The van der Waals surface area contributed by atoms with Crippen LogP contribution in [0, 0.1) is 5.92 Å². The molecule has 23 heavy (non-hydrogen) atoms. The maximum atomic E-state index is 5.84. The molecule has 1 saturated carbocycles. The van der Waals surface area contributed by atoms with Gasteiger partial charge in [0.2, 0.25) is 0 Å². The van der Waals surface area contributed by atoms with Crippen molar-refractivity contribution in [2.45, 2.75) is 32.1 Å². The number of hydrogen-bond donors (Lipinski definition) is 0. The van der Waals surface area contributed by atoms with E-state index in [0.29, 0.717) is 0 Å². The van der Waals surface area contributed by atoms with Crippen LogP contribution in [-0.4, -0.2) is 55.7 Å². The highest BCUT2D eigenvalue weighted by Crippen LogP contribution is 2.24. The Morgan fingerprint density at radius 1 is 0.913 bits per heavy atom. The molecular weight excluding hydrogens is 352 g/mol. The van der Waals surface area contributed by atoms with Gasteiger partial charge in [0.15, 0.2) is 0 Å². The second-order valence-corrected chi connectivity index (χ2v) is 7.86. The quantitative estimate of drug-likeness (QED) is 0.740. The Morgan fingerprint density at radius 2 is 1.57 bits per heavy atom. The highest BCUT2D eigenvalue weighted by molar-refractivity contribution is 9.10. The minimum Gasteiger partial charge on any atom is -0.492 e. The number of benzene rings is 1. The zero-order chi connectivity index (χ0) is 15.9. The minimum absolute atomic E-state index is 0.782. The first-order chi connectivity index (χ1) is 11.3. The fourth-order valence-corrected chi connectivity index (χ4v) is 4.02. The van der Waals surface area contributed by atoms with Crippen molar-refractivity contribution in [1.29, 1.82) is 0 Å². The van der Waals surface area contributed by atoms with Crippen LogP contribution in [0.25, 0.3) is 0 Å². The molecule has 0 bridgehead atoms. The van der Waals surface area contributed by atoms with Gasteiger partial charge in [0.05, 0.1) is 0 Å². The lowest BCUT2D eigenvalue weighted by Crippen LogP contribution is -2.48. The lowest BCUT2D eigenvalue weighted by molar-refractivity contribution is 0.0988. The molecule has 0 atom stereocenters. The molecule has 3 nitrogen and oxygen atoms in total. The molecule has 1 saturated heterocycles. The van der Waals surface area contributed by atoms with E-state index in [4.69, 9.17) is 4.74 Å². The van der Waals surface area contributed by atoms with E-state index in [1.807, 2.05) is 24.3 Å². The number of hydrogen-bond acceptors (Lipinski definition) is 3. The normalized spacial score (nSPS) is 21.4. The van der Waals surface area contributed by atoms with E-state index in [9.17, 15) is 0 Å². The van der Waals surface area contributed by atoms with Gasteiger partial charge in [0.25, 0.3) is 0 Å². The topological polar surface area (TPSA) is 15.7 Å². The van der Waals surface area contributed by atoms with Crippen molar-refractivity contribution >= 4 is 15.9 Å². The SMILES string of the molecule is Brc1ccc(OCCN2CCN(CC3CCCCC3)CC2)cc1. The summed E-state index contributed by atoms with van der Waals surface area (Å²) >= 11 is 3.45. The zero-order valence-corrected chi connectivity index (χ0v) is 15.6. The highest BCUT2D eigenvalue weighted by atomic mass is 79.9. The highest BCUT2D eigenvalue weighted by Gasteiger charge is 2.21. The fraction of sp³-hybridized carbons (Fsp3) is 0.684. The molecule has 0 unspecified atom stereocenters. The molecule has 0 spiro atoms. The molecule has 3 rings (SSSR count). The van der Waals surface area contributed by atoms with Crippen LogP contribution in [0.4, 0.5) is 0 Å². The average molecular weight is 381 g/mol. The Balaban J connectivity index is 1.30. The van der Waals surface area contributed by atoms with Crippen LogP contribution in [-0.2, 0) is 0 Å². The van der Waals surface area contributed by atoms with Crippen molar-refractivity contribution in [2.24, 2.45) is 5.92 Å². The minimum atomic E-state index is 0.782. The molecule has 2 aliphatic rings. The van der Waals surface area contributed by atoms with Gasteiger partial charge < -0.3 is 9.64 Å². The summed E-state index contributed by atoms with van der Waals surface area (Å²) in [6.07, 6.45) is 7.29. The van der Waals surface area contributed by atoms with Gasteiger partial charge in [0.1, 0.15) is 12.4 Å². The Labute approximate surface area is 149 Å². The second kappa shape index (κ2) is 9.05. The summed E-state index contributed by atoms with van der Waals surface area (Å²) in [6.45, 7) is 8.00. The Kier molecular flexibility index (Phi) is 6.79. The van der Waals surface area contributed by atoms with E-state index in [0.717, 1.165) is 29.3 Å². The lowest BCUT2D eigenvalue weighted by Gasteiger charge is -2.37. The van der Waals surface area contributed by atoms with Crippen LogP contribution in [0.5, 0.6) is 5.75 Å². The van der Waals surface area contributed by atoms with Crippen molar-refractivity contribution in [1.82, 2.24) is 9.80 Å². The molecule has 1 aliphatic heterocycles. The van der Waals surface area contributed by atoms with E-state index >= 15 is 0 Å². The maximum absolute atomic E-state index is 5.84. The summed E-state index contributed by atoms with van der Waals surface area (Å²) in [5.41, 5.74) is 0. The molecule has 0 N–H and O–H groups in total. The molecule has 4 heteroatoms. The van der Waals surface area contributed by atoms with Gasteiger partial charge in [-0.05, 0) is 43.0 Å². The van der Waals surface area contributed by atoms with Gasteiger partial charge in [0, 0.05) is 43.7 Å². The standard InChI is InChI=1S/C19H29BrN2O/c20-18-6-8-19(9-7-18)23-15-14-21-10-12-22(13-11-21)16-17-4-2-1-3-5-17/h6-9,17H,1-5,10-16H2. The summed E-state index contributed by atoms with van der Waals surface area (Å²) in [6, 6.07) is 8.09. The molecular formula is C19H29BrN2O. The van der Waals surface area contributed by atoms with Gasteiger partial charge in [-0.2, -0.15) is 0 Å². The maximum Gasteiger partial charge on any atom is 0.119 e. The molecule has 1 heterocycles. The smallest absolute Gasteiger partial charge is 0.119 e. The van der Waals surface area contributed by atoms with E-state index in [2.05, 4.69) is 25.7 Å². The molecule has 1 aliphatic carbocycles. The predicted octanol–water partition coefficient (Wildman–Crippen LogP) is 4.03. The summed E-state index contributed by atoms with van der Waals surface area (Å²) in [4.78, 5) is 5.22. The second-order valence-electron chi connectivity index (χ2n) is 6.95. The van der Waals surface area contributed by atoms with Crippen LogP contribution >= 0.6 is 15.9 Å². The van der Waals surface area contributed by atoms with Crippen molar-refractivity contribution in [3.05, 3.63) is 28.7 Å². The van der Waals surface area contributed by atoms with Crippen LogP contribution in [0.3, 0.4) is 0 Å². The fourth-order valence-electron chi connectivity index (χ4n) is 3.75. The number of ether oxygens (including phenoxy) is 1. The van der Waals surface area contributed by atoms with Crippen LogP contribution in [0.15, 0.2) is 28.7 Å². The summed E-state index contributed by atoms with van der Waals surface area (Å²) in [7, 11) is 0. The Hall–Kier alpha value is -0.580. The summed E-state index contributed by atoms with van der Waals surface area (Å²) in [5, 5.41) is 0. The van der Waals surface area contributed by atoms with Crippen molar-refractivity contribution in [3.8, 4) is 5.75 Å². The van der Waals surface area contributed by atoms with E-state index in [-0.39, 0.29) is 0 Å². The Morgan fingerprint density at radius 3 is 2.26 bits per heavy atom. The molecule has 0 radical (unpaired) electrons. The van der Waals surface area contributed by atoms with Gasteiger partial charge in [-0.1, -0.05) is 35.2 Å². The van der Waals surface area contributed by atoms with Crippen molar-refractivity contribution in [3.63, 3.8) is 0 Å². The Bertz CT molecular complexity index is 451. The lowest BCUT2D eigenvalue weighted by atomic mass is 9.89. The third-order valence-corrected chi connectivity index (χ3v) is 5.72. The monoisotopic (exact) mass is 380 g/mol. The molecule has 1 aromatic rings. The van der Waals surface area contributed by atoms with Crippen molar-refractivity contribution < 1.29 is 4.74 Å². The number of halogens is 1. The molecule has 2 fully saturated rings. The number of rotatable bonds is 6. The van der Waals surface area contributed by atoms with Crippen LogP contribution < -0.4 is 4.74 Å². The van der Waals surface area contributed by atoms with Gasteiger partial charge in [-0.3, -0.25) is 4.90 Å². The van der Waals surface area contributed by atoms with Crippen LogP contribution in [0.1, 0.15) is 32.1 Å². The first kappa shape index (κ1) is 17.2. The third kappa shape index (κ3) is 5.77. The first-order valence-electron chi connectivity index (χ1n) is 9.13. The van der Waals surface area contributed by atoms with Gasteiger partial charge >= 0.3 is 0 Å². The molecule has 0 aromatic heterocycles. The molecule has 0 amide bonds. The van der Waals surface area contributed by atoms with Gasteiger partial charge in [-0.15, -0.1) is 0 Å². The predicted molar refractivity (Wildman–Crippen MR) is 99.1 cm³/mol. The van der Waals surface area contributed by atoms with Gasteiger partial charge in [-0.25, -0.2) is 0 Å². The van der Waals surface area contributed by atoms with E-state index in [1.165, 1.54) is 64.8 Å². The van der Waals surface area contributed by atoms with Crippen molar-refractivity contribution in [2.75, 3.05) is 45.9 Å². The van der Waals surface area contributed by atoms with E-state index < -0.39 is 0 Å². The first-order valence-corrected chi connectivity index (χ1v) is 9.92. The summed E-state index contributed by atoms with van der Waals surface area (Å²) < 4.78 is 6.93.